The van der Waals surface area contributed by atoms with Crippen molar-refractivity contribution in [1.29, 1.82) is 0 Å². The van der Waals surface area contributed by atoms with Crippen LogP contribution in [0, 0.1) is 5.92 Å². The number of methoxy groups -OCH3 is 1. The topological polar surface area (TPSA) is 26.3 Å². The van der Waals surface area contributed by atoms with Gasteiger partial charge in [0.25, 0.3) is 0 Å². The first kappa shape index (κ1) is 8.96. The molecule has 1 aromatic carbocycles. The second-order valence-electron chi connectivity index (χ2n) is 4.73. The third kappa shape index (κ3) is 1.08. The summed E-state index contributed by atoms with van der Waals surface area (Å²) in [4.78, 5) is 11.6. The van der Waals surface area contributed by atoms with E-state index >= 15 is 0 Å². The van der Waals surface area contributed by atoms with Crippen LogP contribution in [0.15, 0.2) is 24.3 Å². The molecule has 0 saturated heterocycles. The standard InChI is InChI=1S/C13H14O2/c1-15-12-5-3-2-4-10(12)13-6-9(7-13)11(14)8-13/h2-5,9H,6-8H2,1H3. The van der Waals surface area contributed by atoms with Crippen molar-refractivity contribution < 1.29 is 9.53 Å². The Hall–Kier alpha value is -1.31. The zero-order valence-electron chi connectivity index (χ0n) is 8.82. The van der Waals surface area contributed by atoms with Crippen LogP contribution in [0.2, 0.25) is 0 Å². The molecule has 0 N–H and O–H groups in total. The van der Waals surface area contributed by atoms with E-state index in [9.17, 15) is 4.79 Å². The molecule has 0 aliphatic heterocycles. The molecule has 0 aromatic heterocycles. The molecule has 78 valence electrons. The van der Waals surface area contributed by atoms with Crippen LogP contribution in [0.25, 0.3) is 0 Å². The summed E-state index contributed by atoms with van der Waals surface area (Å²) in [5.74, 6) is 1.72. The zero-order chi connectivity index (χ0) is 10.5. The Morgan fingerprint density at radius 2 is 2.07 bits per heavy atom. The SMILES string of the molecule is COc1ccccc1C12CC(=O)C(C1)C2. The number of benzene rings is 1. The Morgan fingerprint density at radius 1 is 1.33 bits per heavy atom. The van der Waals surface area contributed by atoms with E-state index in [2.05, 4.69) is 6.07 Å². The number of Topliss-reactive ketones (excluding diaryl/α,β-unsaturated/α-hetero) is 1. The molecule has 3 aliphatic rings. The Bertz CT molecular complexity index is 416. The first-order chi connectivity index (χ1) is 7.25. The van der Waals surface area contributed by atoms with Crippen LogP contribution in [0.5, 0.6) is 5.75 Å². The molecule has 3 saturated carbocycles. The van der Waals surface area contributed by atoms with E-state index < -0.39 is 0 Å². The molecule has 3 fully saturated rings. The lowest BCUT2D eigenvalue weighted by molar-refractivity contribution is -0.119. The summed E-state index contributed by atoms with van der Waals surface area (Å²) in [7, 11) is 1.70. The number of ketones is 1. The lowest BCUT2D eigenvalue weighted by Crippen LogP contribution is -2.32. The van der Waals surface area contributed by atoms with Crippen LogP contribution in [0.1, 0.15) is 24.8 Å². The number of carbonyl (C=O) groups is 1. The monoisotopic (exact) mass is 202 g/mol. The summed E-state index contributed by atoms with van der Waals surface area (Å²) in [5, 5.41) is 0. The van der Waals surface area contributed by atoms with Crippen LogP contribution in [0.3, 0.4) is 0 Å². The molecule has 3 aliphatic carbocycles. The maximum absolute atomic E-state index is 11.6. The quantitative estimate of drug-likeness (QED) is 0.735. The van der Waals surface area contributed by atoms with Gasteiger partial charge in [0.1, 0.15) is 11.5 Å². The van der Waals surface area contributed by atoms with Gasteiger partial charge in [0, 0.05) is 23.3 Å². The molecule has 0 amide bonds. The summed E-state index contributed by atoms with van der Waals surface area (Å²) >= 11 is 0. The van der Waals surface area contributed by atoms with Crippen molar-refractivity contribution in [3.8, 4) is 5.75 Å². The lowest BCUT2D eigenvalue weighted by Gasteiger charge is -2.38. The largest absolute Gasteiger partial charge is 0.496 e. The lowest BCUT2D eigenvalue weighted by atomic mass is 9.65. The number of rotatable bonds is 2. The molecule has 2 nitrogen and oxygen atoms in total. The van der Waals surface area contributed by atoms with Gasteiger partial charge in [-0.15, -0.1) is 0 Å². The van der Waals surface area contributed by atoms with Gasteiger partial charge < -0.3 is 4.74 Å². The third-order valence-corrected chi connectivity index (χ3v) is 3.92. The highest BCUT2D eigenvalue weighted by molar-refractivity contribution is 5.89. The van der Waals surface area contributed by atoms with E-state index in [-0.39, 0.29) is 5.41 Å². The van der Waals surface area contributed by atoms with Crippen molar-refractivity contribution in [1.82, 2.24) is 0 Å². The van der Waals surface area contributed by atoms with Gasteiger partial charge in [-0.25, -0.2) is 0 Å². The van der Waals surface area contributed by atoms with E-state index in [1.165, 1.54) is 5.56 Å². The highest BCUT2D eigenvalue weighted by Crippen LogP contribution is 2.59. The van der Waals surface area contributed by atoms with Gasteiger partial charge in [0.2, 0.25) is 0 Å². The van der Waals surface area contributed by atoms with E-state index in [0.717, 1.165) is 25.0 Å². The molecular formula is C13H14O2. The molecule has 0 heterocycles. The maximum Gasteiger partial charge on any atom is 0.136 e. The van der Waals surface area contributed by atoms with Crippen LogP contribution < -0.4 is 4.74 Å². The molecular weight excluding hydrogens is 188 g/mol. The second kappa shape index (κ2) is 2.84. The molecule has 0 spiro atoms. The molecule has 2 heteroatoms. The Kier molecular flexibility index (Phi) is 1.70. The minimum Gasteiger partial charge on any atom is -0.496 e. The predicted octanol–water partition coefficient (Wildman–Crippen LogP) is 2.32. The van der Waals surface area contributed by atoms with E-state index in [4.69, 9.17) is 4.74 Å². The van der Waals surface area contributed by atoms with E-state index in [1.807, 2.05) is 18.2 Å². The van der Waals surface area contributed by atoms with E-state index in [0.29, 0.717) is 11.7 Å². The van der Waals surface area contributed by atoms with Gasteiger partial charge in [-0.2, -0.15) is 0 Å². The summed E-state index contributed by atoms with van der Waals surface area (Å²) < 4.78 is 5.37. The average Bonchev–Trinajstić information content (AvgIpc) is 2.70. The molecule has 0 radical (unpaired) electrons. The minimum absolute atomic E-state index is 0.119. The fraction of sp³-hybridized carbons (Fsp3) is 0.462. The van der Waals surface area contributed by atoms with Gasteiger partial charge in [0.15, 0.2) is 0 Å². The van der Waals surface area contributed by atoms with Crippen LogP contribution in [-0.2, 0) is 10.2 Å². The van der Waals surface area contributed by atoms with Gasteiger partial charge >= 0.3 is 0 Å². The van der Waals surface area contributed by atoms with Crippen LogP contribution >= 0.6 is 0 Å². The summed E-state index contributed by atoms with van der Waals surface area (Å²) in [6.07, 6.45) is 2.79. The van der Waals surface area contributed by atoms with Gasteiger partial charge in [0.05, 0.1) is 7.11 Å². The Balaban J connectivity index is 2.03. The Morgan fingerprint density at radius 3 is 2.67 bits per heavy atom. The molecule has 4 rings (SSSR count). The third-order valence-electron chi connectivity index (χ3n) is 3.92. The van der Waals surface area contributed by atoms with Crippen molar-refractivity contribution in [2.75, 3.05) is 7.11 Å². The van der Waals surface area contributed by atoms with Crippen LogP contribution in [0.4, 0.5) is 0 Å². The first-order valence-electron chi connectivity index (χ1n) is 5.41. The second-order valence-corrected chi connectivity index (χ2v) is 4.73. The average molecular weight is 202 g/mol. The first-order valence-corrected chi connectivity index (χ1v) is 5.41. The number of carbonyl (C=O) groups excluding carboxylic acids is 1. The van der Waals surface area contributed by atoms with Crippen molar-refractivity contribution in [2.24, 2.45) is 5.92 Å². The molecule has 15 heavy (non-hydrogen) atoms. The summed E-state index contributed by atoms with van der Waals surface area (Å²) in [6, 6.07) is 8.10. The smallest absolute Gasteiger partial charge is 0.136 e. The summed E-state index contributed by atoms with van der Waals surface area (Å²) in [6.45, 7) is 0. The number of ether oxygens (including phenoxy) is 1. The molecule has 0 unspecified atom stereocenters. The van der Waals surface area contributed by atoms with Crippen molar-refractivity contribution in [3.63, 3.8) is 0 Å². The predicted molar refractivity (Wildman–Crippen MR) is 57.0 cm³/mol. The normalized spacial score (nSPS) is 32.6. The highest BCUT2D eigenvalue weighted by atomic mass is 16.5. The maximum atomic E-state index is 11.6. The fourth-order valence-electron chi connectivity index (χ4n) is 3.13. The molecule has 2 bridgehead atoms. The van der Waals surface area contributed by atoms with Crippen molar-refractivity contribution in [3.05, 3.63) is 29.8 Å². The number of para-hydroxylation sites is 1. The summed E-state index contributed by atoms with van der Waals surface area (Å²) in [5.41, 5.74) is 1.35. The number of hydrogen-bond donors (Lipinski definition) is 0. The Labute approximate surface area is 89.2 Å². The van der Waals surface area contributed by atoms with Crippen molar-refractivity contribution >= 4 is 5.78 Å². The number of hydrogen-bond acceptors (Lipinski definition) is 2. The van der Waals surface area contributed by atoms with Crippen LogP contribution in [-0.4, -0.2) is 12.9 Å². The van der Waals surface area contributed by atoms with Gasteiger partial charge in [-0.1, -0.05) is 18.2 Å². The number of fused-ring (bicyclic) bond motifs is 1. The van der Waals surface area contributed by atoms with Gasteiger partial charge in [-0.3, -0.25) is 4.79 Å². The van der Waals surface area contributed by atoms with Gasteiger partial charge in [-0.05, 0) is 18.9 Å². The zero-order valence-corrected chi connectivity index (χ0v) is 8.82. The van der Waals surface area contributed by atoms with E-state index in [1.54, 1.807) is 7.11 Å². The minimum atomic E-state index is 0.119. The fourth-order valence-corrected chi connectivity index (χ4v) is 3.13. The molecule has 1 aromatic rings. The van der Waals surface area contributed by atoms with Crippen molar-refractivity contribution in [2.45, 2.75) is 24.7 Å². The molecule has 0 atom stereocenters. The highest BCUT2D eigenvalue weighted by Gasteiger charge is 2.57.